The zero-order valence-electron chi connectivity index (χ0n) is 15.3. The van der Waals surface area contributed by atoms with Gasteiger partial charge in [0.1, 0.15) is 16.5 Å². The Hall–Kier alpha value is -2.19. The van der Waals surface area contributed by atoms with Crippen molar-refractivity contribution in [2.45, 2.75) is 26.1 Å². The van der Waals surface area contributed by atoms with Gasteiger partial charge >= 0.3 is 0 Å². The van der Waals surface area contributed by atoms with Crippen LogP contribution in [0.5, 0.6) is 0 Å². The molecule has 3 aromatic rings. The minimum atomic E-state index is -0.318. The number of rotatable bonds is 6. The number of hydrogen-bond acceptors (Lipinski definition) is 5. The van der Waals surface area contributed by atoms with E-state index in [4.69, 9.17) is 0 Å². The summed E-state index contributed by atoms with van der Waals surface area (Å²) in [7, 11) is 1.65. The maximum Gasteiger partial charge on any atom is 0.259 e. The fraction of sp³-hybridized carbons (Fsp3) is 0.316. The number of H-pyrrole nitrogens is 1. The molecular weight excluding hydrogens is 385 g/mol. The fourth-order valence-corrected chi connectivity index (χ4v) is 4.56. The number of nitrogens with zero attached hydrogens (tertiary/aromatic N) is 2. The van der Waals surface area contributed by atoms with E-state index in [1.807, 2.05) is 13.8 Å². The summed E-state index contributed by atoms with van der Waals surface area (Å²) in [5, 5.41) is 0.645. The van der Waals surface area contributed by atoms with E-state index in [1.54, 1.807) is 25.2 Å². The highest BCUT2D eigenvalue weighted by Crippen LogP contribution is 2.26. The van der Waals surface area contributed by atoms with Crippen molar-refractivity contribution in [2.24, 2.45) is 0 Å². The quantitative estimate of drug-likeness (QED) is 0.680. The van der Waals surface area contributed by atoms with Crippen LogP contribution < -0.4 is 5.56 Å². The number of thiophene rings is 1. The third-order valence-electron chi connectivity index (χ3n) is 4.34. The molecule has 0 saturated heterocycles. The summed E-state index contributed by atoms with van der Waals surface area (Å²) in [5.74, 6) is 0.801. The van der Waals surface area contributed by atoms with Gasteiger partial charge in [0, 0.05) is 24.0 Å². The minimum Gasteiger partial charge on any atom is -0.341 e. The van der Waals surface area contributed by atoms with Crippen molar-refractivity contribution in [3.63, 3.8) is 0 Å². The summed E-state index contributed by atoms with van der Waals surface area (Å²) in [6.07, 6.45) is 0. The van der Waals surface area contributed by atoms with Crippen LogP contribution in [-0.2, 0) is 17.1 Å². The molecule has 2 aromatic heterocycles. The number of carbonyl (C=O) groups excluding carboxylic acids is 1. The molecule has 0 aliphatic heterocycles. The van der Waals surface area contributed by atoms with Gasteiger partial charge in [-0.3, -0.25) is 9.59 Å². The molecule has 0 saturated carbocycles. The van der Waals surface area contributed by atoms with E-state index in [2.05, 4.69) is 9.97 Å². The van der Waals surface area contributed by atoms with Crippen LogP contribution in [0.1, 0.15) is 21.8 Å². The molecule has 0 aliphatic carbocycles. The number of aromatic amines is 1. The first-order valence-electron chi connectivity index (χ1n) is 8.41. The SMILES string of the molecule is Cc1sc2nc(CSCC(=O)N(C)Cc3ccccc3F)[nH]c(=O)c2c1C. The Bertz CT molecular complexity index is 1050. The van der Waals surface area contributed by atoms with Crippen LogP contribution in [0.25, 0.3) is 10.2 Å². The number of aromatic nitrogens is 2. The van der Waals surface area contributed by atoms with Gasteiger partial charge in [-0.1, -0.05) is 18.2 Å². The van der Waals surface area contributed by atoms with Crippen molar-refractivity contribution in [3.8, 4) is 0 Å². The molecule has 0 spiro atoms. The van der Waals surface area contributed by atoms with E-state index < -0.39 is 0 Å². The summed E-state index contributed by atoms with van der Waals surface area (Å²) in [6, 6.07) is 6.42. The molecule has 142 valence electrons. The molecule has 0 atom stereocenters. The van der Waals surface area contributed by atoms with Gasteiger partial charge in [-0.05, 0) is 25.5 Å². The first-order chi connectivity index (χ1) is 12.9. The molecule has 27 heavy (non-hydrogen) atoms. The third-order valence-corrected chi connectivity index (χ3v) is 6.37. The maximum absolute atomic E-state index is 13.7. The van der Waals surface area contributed by atoms with Gasteiger partial charge in [0.2, 0.25) is 5.91 Å². The lowest BCUT2D eigenvalue weighted by molar-refractivity contribution is -0.127. The van der Waals surface area contributed by atoms with Crippen LogP contribution in [-0.4, -0.2) is 33.6 Å². The summed E-state index contributed by atoms with van der Waals surface area (Å²) in [4.78, 5) is 35.1. The van der Waals surface area contributed by atoms with Gasteiger partial charge in [0.05, 0.1) is 16.9 Å². The predicted octanol–water partition coefficient (Wildman–Crippen LogP) is 3.63. The van der Waals surface area contributed by atoms with Gasteiger partial charge in [-0.2, -0.15) is 0 Å². The van der Waals surface area contributed by atoms with E-state index in [0.29, 0.717) is 22.5 Å². The van der Waals surface area contributed by atoms with E-state index in [9.17, 15) is 14.0 Å². The lowest BCUT2D eigenvalue weighted by Crippen LogP contribution is -2.28. The predicted molar refractivity (Wildman–Crippen MR) is 109 cm³/mol. The summed E-state index contributed by atoms with van der Waals surface area (Å²) in [5.41, 5.74) is 1.31. The second-order valence-electron chi connectivity index (χ2n) is 6.31. The van der Waals surface area contributed by atoms with Gasteiger partial charge < -0.3 is 9.88 Å². The number of nitrogens with one attached hydrogen (secondary N) is 1. The molecule has 1 N–H and O–H groups in total. The summed E-state index contributed by atoms with van der Waals surface area (Å²) < 4.78 is 13.7. The number of thioether (sulfide) groups is 1. The number of benzene rings is 1. The Morgan fingerprint density at radius 2 is 2.07 bits per heavy atom. The molecule has 3 rings (SSSR count). The molecule has 0 radical (unpaired) electrons. The topological polar surface area (TPSA) is 66.1 Å². The normalized spacial score (nSPS) is 11.1. The second-order valence-corrected chi connectivity index (χ2v) is 8.50. The largest absolute Gasteiger partial charge is 0.341 e. The number of halogens is 1. The van der Waals surface area contributed by atoms with Crippen molar-refractivity contribution in [3.05, 3.63) is 62.3 Å². The Morgan fingerprint density at radius 1 is 1.33 bits per heavy atom. The molecule has 0 bridgehead atoms. The highest BCUT2D eigenvalue weighted by Gasteiger charge is 2.14. The van der Waals surface area contributed by atoms with Crippen molar-refractivity contribution in [2.75, 3.05) is 12.8 Å². The minimum absolute atomic E-state index is 0.102. The molecular formula is C19H20FN3O2S2. The fourth-order valence-electron chi connectivity index (χ4n) is 2.68. The first kappa shape index (κ1) is 19.6. The van der Waals surface area contributed by atoms with E-state index in [-0.39, 0.29) is 29.6 Å². The lowest BCUT2D eigenvalue weighted by Gasteiger charge is -2.17. The van der Waals surface area contributed by atoms with Gasteiger partial charge in [-0.15, -0.1) is 23.1 Å². The van der Waals surface area contributed by atoms with Crippen molar-refractivity contribution in [1.29, 1.82) is 0 Å². The highest BCUT2D eigenvalue weighted by molar-refractivity contribution is 7.99. The molecule has 0 unspecified atom stereocenters. The number of carbonyl (C=O) groups is 1. The smallest absolute Gasteiger partial charge is 0.259 e. The first-order valence-corrected chi connectivity index (χ1v) is 10.4. The van der Waals surface area contributed by atoms with Crippen LogP contribution in [0.15, 0.2) is 29.1 Å². The Labute approximate surface area is 164 Å². The molecule has 8 heteroatoms. The highest BCUT2D eigenvalue weighted by atomic mass is 32.2. The van der Waals surface area contributed by atoms with Crippen molar-refractivity contribution in [1.82, 2.24) is 14.9 Å². The number of amides is 1. The number of aryl methyl sites for hydroxylation is 2. The van der Waals surface area contributed by atoms with Crippen LogP contribution in [0.2, 0.25) is 0 Å². The zero-order chi connectivity index (χ0) is 19.6. The molecule has 0 aliphatic rings. The number of fused-ring (bicyclic) bond motifs is 1. The Balaban J connectivity index is 1.59. The van der Waals surface area contributed by atoms with Gasteiger partial charge in [0.15, 0.2) is 0 Å². The van der Waals surface area contributed by atoms with Crippen LogP contribution in [0.3, 0.4) is 0 Å². The van der Waals surface area contributed by atoms with E-state index in [0.717, 1.165) is 15.3 Å². The van der Waals surface area contributed by atoms with Crippen LogP contribution in [0.4, 0.5) is 4.39 Å². The zero-order valence-corrected chi connectivity index (χ0v) is 17.0. The average Bonchev–Trinajstić information content (AvgIpc) is 2.91. The van der Waals surface area contributed by atoms with Gasteiger partial charge in [-0.25, -0.2) is 9.37 Å². The van der Waals surface area contributed by atoms with Crippen LogP contribution >= 0.6 is 23.1 Å². The molecule has 2 heterocycles. The monoisotopic (exact) mass is 405 g/mol. The van der Waals surface area contributed by atoms with E-state index in [1.165, 1.54) is 34.1 Å². The molecule has 0 fully saturated rings. The van der Waals surface area contributed by atoms with Crippen molar-refractivity contribution < 1.29 is 9.18 Å². The molecule has 5 nitrogen and oxygen atoms in total. The average molecular weight is 406 g/mol. The second kappa shape index (κ2) is 8.22. The van der Waals surface area contributed by atoms with Crippen molar-refractivity contribution >= 4 is 39.2 Å². The summed E-state index contributed by atoms with van der Waals surface area (Å²) >= 11 is 2.88. The standard InChI is InChI=1S/C19H20FN3O2S2/c1-11-12(2)27-19-17(11)18(25)21-15(22-19)9-26-10-16(24)23(3)8-13-6-4-5-7-14(13)20/h4-7H,8-10H2,1-3H3,(H,21,22,25). The lowest BCUT2D eigenvalue weighted by atomic mass is 10.2. The Morgan fingerprint density at radius 3 is 2.81 bits per heavy atom. The number of hydrogen-bond donors (Lipinski definition) is 1. The third kappa shape index (κ3) is 4.39. The summed E-state index contributed by atoms with van der Waals surface area (Å²) in [6.45, 7) is 4.12. The maximum atomic E-state index is 13.7. The molecule has 1 amide bonds. The van der Waals surface area contributed by atoms with Crippen LogP contribution in [0, 0.1) is 19.7 Å². The van der Waals surface area contributed by atoms with Gasteiger partial charge in [0.25, 0.3) is 5.56 Å². The molecule has 1 aromatic carbocycles. The Kier molecular flexibility index (Phi) is 5.96. The van der Waals surface area contributed by atoms with E-state index >= 15 is 0 Å².